The minimum atomic E-state index is -1.31. The molecule has 0 spiro atoms. The molecule has 0 radical (unpaired) electrons. The van der Waals surface area contributed by atoms with Gasteiger partial charge in [-0.1, -0.05) is 12.1 Å². The summed E-state index contributed by atoms with van der Waals surface area (Å²) in [5.41, 5.74) is 5.04. The standard InChI is InChI=1S/C10H17FN4/c1-2-5-15-9(7-13-14-15)10(11)4-3-8(12)6-10/h7-8H,2-6,12H2,1H3. The summed E-state index contributed by atoms with van der Waals surface area (Å²) in [5, 5.41) is 7.69. The van der Waals surface area contributed by atoms with Crippen LogP contribution in [0.1, 0.15) is 38.3 Å². The second-order valence-corrected chi connectivity index (χ2v) is 4.31. The first-order valence-electron chi connectivity index (χ1n) is 5.49. The van der Waals surface area contributed by atoms with Crippen LogP contribution in [0.25, 0.3) is 0 Å². The van der Waals surface area contributed by atoms with Gasteiger partial charge in [-0.3, -0.25) is 0 Å². The van der Waals surface area contributed by atoms with Gasteiger partial charge in [-0.2, -0.15) is 0 Å². The van der Waals surface area contributed by atoms with Gasteiger partial charge in [0.25, 0.3) is 0 Å². The smallest absolute Gasteiger partial charge is 0.155 e. The minimum absolute atomic E-state index is 0.0278. The SMILES string of the molecule is CCCn1nncc1C1(F)CCC(N)C1. The quantitative estimate of drug-likeness (QED) is 0.823. The summed E-state index contributed by atoms with van der Waals surface area (Å²) in [6.07, 6.45) is 4.09. The molecule has 0 amide bonds. The van der Waals surface area contributed by atoms with Crippen LogP contribution in [0.5, 0.6) is 0 Å². The van der Waals surface area contributed by atoms with Crippen LogP contribution < -0.4 is 5.73 Å². The number of hydrogen-bond donors (Lipinski definition) is 1. The van der Waals surface area contributed by atoms with E-state index in [1.807, 2.05) is 6.92 Å². The lowest BCUT2D eigenvalue weighted by molar-refractivity contribution is 0.157. The molecular weight excluding hydrogens is 195 g/mol. The number of aromatic nitrogens is 3. The average Bonchev–Trinajstić information content (AvgIpc) is 2.75. The van der Waals surface area contributed by atoms with Crippen molar-refractivity contribution in [3.8, 4) is 0 Å². The van der Waals surface area contributed by atoms with Gasteiger partial charge in [0.15, 0.2) is 5.67 Å². The van der Waals surface area contributed by atoms with E-state index in [0.717, 1.165) is 19.4 Å². The van der Waals surface area contributed by atoms with E-state index in [1.54, 1.807) is 4.68 Å². The van der Waals surface area contributed by atoms with E-state index in [2.05, 4.69) is 10.3 Å². The molecule has 1 fully saturated rings. The van der Waals surface area contributed by atoms with Crippen LogP contribution in [0.15, 0.2) is 6.20 Å². The number of halogens is 1. The monoisotopic (exact) mass is 212 g/mol. The first-order valence-corrected chi connectivity index (χ1v) is 5.49. The Bertz CT molecular complexity index is 338. The maximum absolute atomic E-state index is 14.5. The van der Waals surface area contributed by atoms with E-state index in [9.17, 15) is 4.39 Å². The number of alkyl halides is 1. The van der Waals surface area contributed by atoms with Crippen molar-refractivity contribution in [3.05, 3.63) is 11.9 Å². The van der Waals surface area contributed by atoms with Crippen LogP contribution in [-0.4, -0.2) is 21.0 Å². The topological polar surface area (TPSA) is 56.7 Å². The summed E-state index contributed by atoms with van der Waals surface area (Å²) in [4.78, 5) is 0. The lowest BCUT2D eigenvalue weighted by atomic mass is 10.0. The van der Waals surface area contributed by atoms with Crippen molar-refractivity contribution in [3.63, 3.8) is 0 Å². The third-order valence-corrected chi connectivity index (χ3v) is 3.01. The third-order valence-electron chi connectivity index (χ3n) is 3.01. The van der Waals surface area contributed by atoms with E-state index >= 15 is 0 Å². The Kier molecular flexibility index (Phi) is 2.73. The molecule has 5 heteroatoms. The molecule has 1 aliphatic carbocycles. The van der Waals surface area contributed by atoms with Gasteiger partial charge in [0.2, 0.25) is 0 Å². The zero-order valence-electron chi connectivity index (χ0n) is 8.99. The molecule has 84 valence electrons. The lowest BCUT2D eigenvalue weighted by Crippen LogP contribution is -2.24. The number of hydrogen-bond acceptors (Lipinski definition) is 3. The molecule has 1 aromatic heterocycles. The van der Waals surface area contributed by atoms with Crippen LogP contribution in [0, 0.1) is 0 Å². The van der Waals surface area contributed by atoms with Crippen LogP contribution in [0.2, 0.25) is 0 Å². The van der Waals surface area contributed by atoms with Gasteiger partial charge in [-0.15, -0.1) is 5.10 Å². The van der Waals surface area contributed by atoms with Crippen molar-refractivity contribution in [2.45, 2.75) is 50.9 Å². The zero-order chi connectivity index (χ0) is 10.9. The molecule has 2 atom stereocenters. The highest BCUT2D eigenvalue weighted by molar-refractivity contribution is 5.12. The first-order chi connectivity index (χ1) is 7.15. The summed E-state index contributed by atoms with van der Waals surface area (Å²) in [7, 11) is 0. The van der Waals surface area contributed by atoms with E-state index in [0.29, 0.717) is 18.5 Å². The van der Waals surface area contributed by atoms with Crippen molar-refractivity contribution in [1.82, 2.24) is 15.0 Å². The molecule has 2 rings (SSSR count). The van der Waals surface area contributed by atoms with Gasteiger partial charge < -0.3 is 5.73 Å². The molecule has 4 nitrogen and oxygen atoms in total. The van der Waals surface area contributed by atoms with Crippen molar-refractivity contribution >= 4 is 0 Å². The Morgan fingerprint density at radius 3 is 3.13 bits per heavy atom. The maximum Gasteiger partial charge on any atom is 0.155 e. The molecule has 1 saturated carbocycles. The van der Waals surface area contributed by atoms with E-state index < -0.39 is 5.67 Å². The van der Waals surface area contributed by atoms with E-state index in [-0.39, 0.29) is 6.04 Å². The van der Waals surface area contributed by atoms with E-state index in [4.69, 9.17) is 5.73 Å². The van der Waals surface area contributed by atoms with Gasteiger partial charge in [-0.05, 0) is 19.3 Å². The highest BCUT2D eigenvalue weighted by atomic mass is 19.1. The lowest BCUT2D eigenvalue weighted by Gasteiger charge is -2.19. The van der Waals surface area contributed by atoms with Crippen molar-refractivity contribution < 1.29 is 4.39 Å². The van der Waals surface area contributed by atoms with Crippen LogP contribution >= 0.6 is 0 Å². The van der Waals surface area contributed by atoms with Crippen LogP contribution in [0.3, 0.4) is 0 Å². The largest absolute Gasteiger partial charge is 0.328 e. The molecule has 1 heterocycles. The summed E-state index contributed by atoms with van der Waals surface area (Å²) in [6, 6.07) is -0.0278. The summed E-state index contributed by atoms with van der Waals surface area (Å²) >= 11 is 0. The van der Waals surface area contributed by atoms with Crippen molar-refractivity contribution in [2.75, 3.05) is 0 Å². The summed E-state index contributed by atoms with van der Waals surface area (Å²) in [6.45, 7) is 2.76. The van der Waals surface area contributed by atoms with Gasteiger partial charge in [0.05, 0.1) is 11.9 Å². The maximum atomic E-state index is 14.5. The van der Waals surface area contributed by atoms with Crippen molar-refractivity contribution in [2.24, 2.45) is 5.73 Å². The molecule has 1 aliphatic rings. The number of nitrogens with two attached hydrogens (primary N) is 1. The van der Waals surface area contributed by atoms with Gasteiger partial charge in [0, 0.05) is 19.0 Å². The summed E-state index contributed by atoms with van der Waals surface area (Å²) in [5.74, 6) is 0. The number of rotatable bonds is 3. The summed E-state index contributed by atoms with van der Waals surface area (Å²) < 4.78 is 16.2. The van der Waals surface area contributed by atoms with Crippen LogP contribution in [0.4, 0.5) is 4.39 Å². The Morgan fingerprint density at radius 1 is 1.73 bits per heavy atom. The molecule has 2 N–H and O–H groups in total. The third kappa shape index (κ3) is 1.88. The molecule has 0 aromatic carbocycles. The minimum Gasteiger partial charge on any atom is -0.328 e. The highest BCUT2D eigenvalue weighted by Crippen LogP contribution is 2.41. The van der Waals surface area contributed by atoms with Gasteiger partial charge in [-0.25, -0.2) is 9.07 Å². The fourth-order valence-corrected chi connectivity index (χ4v) is 2.25. The van der Waals surface area contributed by atoms with Gasteiger partial charge in [0.1, 0.15) is 0 Å². The second kappa shape index (κ2) is 3.89. The molecule has 15 heavy (non-hydrogen) atoms. The molecule has 2 unspecified atom stereocenters. The fraction of sp³-hybridized carbons (Fsp3) is 0.800. The predicted octanol–water partition coefficient (Wildman–Crippen LogP) is 1.36. The van der Waals surface area contributed by atoms with Crippen LogP contribution in [-0.2, 0) is 12.2 Å². The van der Waals surface area contributed by atoms with Gasteiger partial charge >= 0.3 is 0 Å². The Labute approximate surface area is 88.6 Å². The number of aryl methyl sites for hydroxylation is 1. The molecular formula is C10H17FN4. The Balaban J connectivity index is 2.24. The van der Waals surface area contributed by atoms with E-state index in [1.165, 1.54) is 6.20 Å². The average molecular weight is 212 g/mol. The molecule has 0 aliphatic heterocycles. The Hall–Kier alpha value is -0.970. The molecule has 0 bridgehead atoms. The second-order valence-electron chi connectivity index (χ2n) is 4.31. The fourth-order valence-electron chi connectivity index (χ4n) is 2.25. The normalized spacial score (nSPS) is 31.0. The Morgan fingerprint density at radius 2 is 2.53 bits per heavy atom. The molecule has 0 saturated heterocycles. The number of nitrogens with zero attached hydrogens (tertiary/aromatic N) is 3. The predicted molar refractivity (Wildman–Crippen MR) is 54.9 cm³/mol. The highest BCUT2D eigenvalue weighted by Gasteiger charge is 2.42. The first kappa shape index (κ1) is 10.5. The zero-order valence-corrected chi connectivity index (χ0v) is 8.99. The molecule has 1 aromatic rings. The van der Waals surface area contributed by atoms with Crippen molar-refractivity contribution in [1.29, 1.82) is 0 Å².